The van der Waals surface area contributed by atoms with Crippen LogP contribution in [0.1, 0.15) is 17.3 Å². The first-order valence-corrected chi connectivity index (χ1v) is 8.73. The zero-order chi connectivity index (χ0) is 14.6. The number of benzene rings is 1. The van der Waals surface area contributed by atoms with Gasteiger partial charge in [0.1, 0.15) is 12.4 Å². The number of ether oxygens (including phenoxy) is 1. The van der Waals surface area contributed by atoms with Gasteiger partial charge in [0, 0.05) is 5.75 Å². The molecule has 0 amide bonds. The first-order valence-electron chi connectivity index (χ1n) is 5.32. The average Bonchev–Trinajstić information content (AvgIpc) is 2.32. The first-order chi connectivity index (χ1) is 8.76. The van der Waals surface area contributed by atoms with Gasteiger partial charge < -0.3 is 9.84 Å². The summed E-state index contributed by atoms with van der Waals surface area (Å²) >= 11 is 6.39. The molecule has 0 spiro atoms. The van der Waals surface area contributed by atoms with Crippen LogP contribution in [0.2, 0.25) is 0 Å². The van der Waals surface area contributed by atoms with Crippen LogP contribution in [-0.2, 0) is 9.84 Å². The van der Waals surface area contributed by atoms with Gasteiger partial charge in [-0.3, -0.25) is 0 Å². The van der Waals surface area contributed by atoms with E-state index in [-0.39, 0.29) is 23.7 Å². The van der Waals surface area contributed by atoms with Crippen LogP contribution in [0.4, 0.5) is 0 Å². The Morgan fingerprint density at radius 3 is 2.26 bits per heavy atom. The minimum atomic E-state index is -3.09. The Labute approximate surface area is 128 Å². The summed E-state index contributed by atoms with van der Waals surface area (Å²) in [6, 6.07) is 2.80. The minimum Gasteiger partial charge on any atom is -0.490 e. The molecule has 0 aliphatic carbocycles. The second-order valence-corrected chi connectivity index (χ2v) is 7.84. The predicted octanol–water partition coefficient (Wildman–Crippen LogP) is 2.72. The predicted molar refractivity (Wildman–Crippen MR) is 78.6 cm³/mol. The number of hydrogen-bond donors (Lipinski definition) is 1. The van der Waals surface area contributed by atoms with Crippen molar-refractivity contribution >= 4 is 47.7 Å². The molecule has 0 atom stereocenters. The van der Waals surface area contributed by atoms with E-state index in [9.17, 15) is 13.2 Å². The lowest BCUT2D eigenvalue weighted by Crippen LogP contribution is -2.16. The lowest BCUT2D eigenvalue weighted by atomic mass is 10.2. The maximum atomic E-state index is 11.3. The van der Waals surface area contributed by atoms with Crippen LogP contribution in [-0.4, -0.2) is 37.6 Å². The molecule has 0 saturated carbocycles. The first kappa shape index (κ1) is 16.5. The van der Waals surface area contributed by atoms with Gasteiger partial charge in [-0.25, -0.2) is 13.2 Å². The van der Waals surface area contributed by atoms with E-state index in [4.69, 9.17) is 9.84 Å². The number of carboxylic acid groups (broad SMARTS) is 1. The third-order valence-corrected chi connectivity index (χ3v) is 5.17. The normalized spacial score (nSPS) is 11.3. The molecule has 0 unspecified atom stereocenters. The number of rotatable bonds is 6. The summed E-state index contributed by atoms with van der Waals surface area (Å²) in [6.07, 6.45) is 0. The fourth-order valence-electron chi connectivity index (χ4n) is 1.24. The van der Waals surface area contributed by atoms with Gasteiger partial charge in [-0.05, 0) is 44.0 Å². The van der Waals surface area contributed by atoms with E-state index < -0.39 is 15.8 Å². The Bertz CT molecular complexity index is 560. The molecule has 5 nitrogen and oxygen atoms in total. The Hall–Kier alpha value is -0.600. The molecule has 0 aromatic heterocycles. The van der Waals surface area contributed by atoms with Crippen LogP contribution in [0.5, 0.6) is 5.75 Å². The van der Waals surface area contributed by atoms with Crippen molar-refractivity contribution in [3.63, 3.8) is 0 Å². The Morgan fingerprint density at radius 1 is 1.32 bits per heavy atom. The van der Waals surface area contributed by atoms with Gasteiger partial charge in [0.15, 0.2) is 9.84 Å². The SMILES string of the molecule is CCS(=O)(=O)CCOc1c(Br)cc(C(=O)O)cc1Br. The van der Waals surface area contributed by atoms with Crippen molar-refractivity contribution in [3.8, 4) is 5.75 Å². The Morgan fingerprint density at radius 2 is 1.84 bits per heavy atom. The molecule has 0 aliphatic heterocycles. The smallest absolute Gasteiger partial charge is 0.335 e. The summed E-state index contributed by atoms with van der Waals surface area (Å²) in [4.78, 5) is 10.8. The number of hydrogen-bond acceptors (Lipinski definition) is 4. The van der Waals surface area contributed by atoms with E-state index in [1.54, 1.807) is 6.92 Å². The average molecular weight is 416 g/mol. The molecule has 1 rings (SSSR count). The van der Waals surface area contributed by atoms with Crippen molar-refractivity contribution in [1.29, 1.82) is 0 Å². The van der Waals surface area contributed by atoms with E-state index in [1.165, 1.54) is 12.1 Å². The van der Waals surface area contributed by atoms with E-state index in [2.05, 4.69) is 31.9 Å². The number of carbonyl (C=O) groups is 1. The Balaban J connectivity index is 2.83. The summed E-state index contributed by atoms with van der Waals surface area (Å²) in [6.45, 7) is 1.59. The monoisotopic (exact) mass is 414 g/mol. The summed E-state index contributed by atoms with van der Waals surface area (Å²) in [5.74, 6) is -0.683. The summed E-state index contributed by atoms with van der Waals surface area (Å²) in [7, 11) is -3.09. The van der Waals surface area contributed by atoms with Crippen LogP contribution >= 0.6 is 31.9 Å². The fourth-order valence-corrected chi connectivity index (χ4v) is 3.28. The van der Waals surface area contributed by atoms with E-state index in [0.29, 0.717) is 14.7 Å². The third-order valence-electron chi connectivity index (χ3n) is 2.33. The second-order valence-electron chi connectivity index (χ2n) is 3.66. The van der Waals surface area contributed by atoms with Crippen molar-refractivity contribution in [2.24, 2.45) is 0 Å². The van der Waals surface area contributed by atoms with Crippen LogP contribution < -0.4 is 4.74 Å². The number of carboxylic acids is 1. The maximum absolute atomic E-state index is 11.3. The van der Waals surface area contributed by atoms with Crippen LogP contribution in [0.3, 0.4) is 0 Å². The molecule has 8 heteroatoms. The standard InChI is InChI=1S/C11H12Br2O5S/c1-2-19(16,17)4-3-18-10-8(12)5-7(11(14)15)6-9(10)13/h5-6H,2-4H2,1H3,(H,14,15). The van der Waals surface area contributed by atoms with Gasteiger partial charge in [0.05, 0.1) is 20.3 Å². The largest absolute Gasteiger partial charge is 0.490 e. The lowest BCUT2D eigenvalue weighted by Gasteiger charge is -2.11. The highest BCUT2D eigenvalue weighted by Crippen LogP contribution is 2.34. The zero-order valence-corrected chi connectivity index (χ0v) is 14.0. The molecule has 0 radical (unpaired) electrons. The van der Waals surface area contributed by atoms with Gasteiger partial charge in [0.2, 0.25) is 0 Å². The van der Waals surface area contributed by atoms with E-state index in [0.717, 1.165) is 0 Å². The molecule has 19 heavy (non-hydrogen) atoms. The molecular formula is C11H12Br2O5S. The Kier molecular flexibility index (Phi) is 5.82. The molecule has 0 heterocycles. The number of halogens is 2. The molecule has 0 aliphatic rings. The van der Waals surface area contributed by atoms with Crippen molar-refractivity contribution in [2.45, 2.75) is 6.92 Å². The quantitative estimate of drug-likeness (QED) is 0.772. The third kappa shape index (κ3) is 4.77. The van der Waals surface area contributed by atoms with Crippen molar-refractivity contribution < 1.29 is 23.1 Å². The fraction of sp³-hybridized carbons (Fsp3) is 0.364. The molecule has 0 bridgehead atoms. The van der Waals surface area contributed by atoms with Gasteiger partial charge in [-0.1, -0.05) is 6.92 Å². The van der Waals surface area contributed by atoms with Gasteiger partial charge >= 0.3 is 5.97 Å². The molecule has 1 aromatic carbocycles. The molecule has 106 valence electrons. The van der Waals surface area contributed by atoms with Gasteiger partial charge in [-0.15, -0.1) is 0 Å². The maximum Gasteiger partial charge on any atom is 0.335 e. The van der Waals surface area contributed by atoms with E-state index >= 15 is 0 Å². The highest BCUT2D eigenvalue weighted by Gasteiger charge is 2.14. The summed E-state index contributed by atoms with van der Waals surface area (Å²) in [5.41, 5.74) is 0.104. The van der Waals surface area contributed by atoms with Crippen molar-refractivity contribution in [1.82, 2.24) is 0 Å². The summed E-state index contributed by atoms with van der Waals surface area (Å²) in [5, 5.41) is 8.88. The van der Waals surface area contributed by atoms with Gasteiger partial charge in [-0.2, -0.15) is 0 Å². The minimum absolute atomic E-state index is 0.0137. The van der Waals surface area contributed by atoms with Crippen LogP contribution in [0.25, 0.3) is 0 Å². The second kappa shape index (κ2) is 6.71. The highest BCUT2D eigenvalue weighted by molar-refractivity contribution is 9.11. The summed E-state index contributed by atoms with van der Waals surface area (Å²) < 4.78 is 28.9. The highest BCUT2D eigenvalue weighted by atomic mass is 79.9. The number of sulfone groups is 1. The molecule has 0 fully saturated rings. The van der Waals surface area contributed by atoms with Crippen molar-refractivity contribution in [3.05, 3.63) is 26.6 Å². The van der Waals surface area contributed by atoms with Crippen LogP contribution in [0, 0.1) is 0 Å². The molecular weight excluding hydrogens is 404 g/mol. The number of aromatic carboxylic acids is 1. The van der Waals surface area contributed by atoms with E-state index in [1.807, 2.05) is 0 Å². The topological polar surface area (TPSA) is 80.7 Å². The molecule has 1 aromatic rings. The molecule has 1 N–H and O–H groups in total. The van der Waals surface area contributed by atoms with Crippen LogP contribution in [0.15, 0.2) is 21.1 Å². The zero-order valence-electron chi connectivity index (χ0n) is 10.0. The van der Waals surface area contributed by atoms with Crippen molar-refractivity contribution in [2.75, 3.05) is 18.1 Å². The van der Waals surface area contributed by atoms with Gasteiger partial charge in [0.25, 0.3) is 0 Å². The molecule has 0 saturated heterocycles. The lowest BCUT2D eigenvalue weighted by molar-refractivity contribution is 0.0696.